The van der Waals surface area contributed by atoms with Crippen LogP contribution in [0.15, 0.2) is 65.7 Å². The largest absolute Gasteiger partial charge is 0.347 e. The summed E-state index contributed by atoms with van der Waals surface area (Å²) in [4.78, 5) is 27.6. The molecule has 0 bridgehead atoms. The number of hydrogen-bond donors (Lipinski definition) is 2. The van der Waals surface area contributed by atoms with E-state index in [1.54, 1.807) is 6.07 Å². The summed E-state index contributed by atoms with van der Waals surface area (Å²) in [6, 6.07) is 15.0. The normalized spacial score (nSPS) is 13.4. The standard InChI is InChI=1S/C19H20N4O2/c1-13(20)18(16-8-7-14-5-2-3-6-15(14)11-16)22-17(24)12-23-10-4-9-21-19(23)25/h2-11,13,18H,12,20H2,1H3,(H,22,24). The number of fused-ring (bicyclic) bond motifs is 1. The first-order valence-corrected chi connectivity index (χ1v) is 8.10. The van der Waals surface area contributed by atoms with Crippen LogP contribution < -0.4 is 16.7 Å². The molecule has 0 fully saturated rings. The maximum atomic E-state index is 12.4. The van der Waals surface area contributed by atoms with E-state index < -0.39 is 5.69 Å². The molecule has 0 aliphatic rings. The van der Waals surface area contributed by atoms with Crippen molar-refractivity contribution < 1.29 is 4.79 Å². The molecule has 3 rings (SSSR count). The van der Waals surface area contributed by atoms with Crippen molar-refractivity contribution in [3.8, 4) is 0 Å². The van der Waals surface area contributed by atoms with Crippen LogP contribution in [0.2, 0.25) is 0 Å². The van der Waals surface area contributed by atoms with Crippen molar-refractivity contribution in [1.82, 2.24) is 14.9 Å². The highest BCUT2D eigenvalue weighted by molar-refractivity contribution is 5.83. The van der Waals surface area contributed by atoms with E-state index in [0.29, 0.717) is 0 Å². The third kappa shape index (κ3) is 3.92. The van der Waals surface area contributed by atoms with Crippen LogP contribution in [0.5, 0.6) is 0 Å². The fourth-order valence-corrected chi connectivity index (χ4v) is 2.80. The number of amides is 1. The van der Waals surface area contributed by atoms with E-state index >= 15 is 0 Å². The van der Waals surface area contributed by atoms with Crippen molar-refractivity contribution in [3.63, 3.8) is 0 Å². The maximum absolute atomic E-state index is 12.4. The monoisotopic (exact) mass is 336 g/mol. The van der Waals surface area contributed by atoms with Gasteiger partial charge in [0.15, 0.2) is 0 Å². The maximum Gasteiger partial charge on any atom is 0.347 e. The second-order valence-electron chi connectivity index (χ2n) is 6.04. The van der Waals surface area contributed by atoms with Crippen LogP contribution >= 0.6 is 0 Å². The molecule has 2 aromatic carbocycles. The van der Waals surface area contributed by atoms with Crippen molar-refractivity contribution in [2.24, 2.45) is 5.73 Å². The third-order valence-corrected chi connectivity index (χ3v) is 4.07. The molecule has 0 radical (unpaired) electrons. The van der Waals surface area contributed by atoms with Gasteiger partial charge >= 0.3 is 5.69 Å². The molecule has 2 atom stereocenters. The van der Waals surface area contributed by atoms with Gasteiger partial charge in [0.05, 0.1) is 6.04 Å². The summed E-state index contributed by atoms with van der Waals surface area (Å²) >= 11 is 0. The van der Waals surface area contributed by atoms with E-state index in [1.807, 2.05) is 49.4 Å². The molecule has 0 saturated heterocycles. The average molecular weight is 336 g/mol. The van der Waals surface area contributed by atoms with E-state index in [4.69, 9.17) is 5.73 Å². The second-order valence-corrected chi connectivity index (χ2v) is 6.04. The van der Waals surface area contributed by atoms with Crippen LogP contribution in [0.3, 0.4) is 0 Å². The quantitative estimate of drug-likeness (QED) is 0.740. The lowest BCUT2D eigenvalue weighted by Crippen LogP contribution is -2.41. The van der Waals surface area contributed by atoms with Gasteiger partial charge in [-0.05, 0) is 35.4 Å². The SMILES string of the molecule is CC(N)C(NC(=O)Cn1cccnc1=O)c1ccc2ccccc2c1. The van der Waals surface area contributed by atoms with Gasteiger partial charge in [-0.15, -0.1) is 0 Å². The fourth-order valence-electron chi connectivity index (χ4n) is 2.80. The lowest BCUT2D eigenvalue weighted by Gasteiger charge is -2.23. The smallest absolute Gasteiger partial charge is 0.346 e. The zero-order chi connectivity index (χ0) is 17.8. The summed E-state index contributed by atoms with van der Waals surface area (Å²) in [6.45, 7) is 1.75. The number of nitrogens with one attached hydrogen (secondary N) is 1. The van der Waals surface area contributed by atoms with Gasteiger partial charge in [0, 0.05) is 18.4 Å². The molecule has 3 aromatic rings. The Hall–Kier alpha value is -2.99. The van der Waals surface area contributed by atoms with E-state index in [9.17, 15) is 9.59 Å². The van der Waals surface area contributed by atoms with Gasteiger partial charge < -0.3 is 11.1 Å². The number of nitrogens with two attached hydrogens (primary N) is 1. The minimum Gasteiger partial charge on any atom is -0.346 e. The Labute approximate surface area is 145 Å². The first-order valence-electron chi connectivity index (χ1n) is 8.10. The Balaban J connectivity index is 1.82. The van der Waals surface area contributed by atoms with Crippen LogP contribution in [0, 0.1) is 0 Å². The number of carbonyl (C=O) groups excluding carboxylic acids is 1. The molecule has 1 heterocycles. The van der Waals surface area contributed by atoms with E-state index in [2.05, 4.69) is 10.3 Å². The topological polar surface area (TPSA) is 90.0 Å². The van der Waals surface area contributed by atoms with Crippen molar-refractivity contribution in [3.05, 3.63) is 77.0 Å². The Morgan fingerprint density at radius 3 is 2.68 bits per heavy atom. The third-order valence-electron chi connectivity index (χ3n) is 4.07. The number of nitrogens with zero attached hydrogens (tertiary/aromatic N) is 2. The molecular weight excluding hydrogens is 316 g/mol. The van der Waals surface area contributed by atoms with E-state index in [1.165, 1.54) is 17.0 Å². The number of benzene rings is 2. The minimum atomic E-state index is -0.458. The van der Waals surface area contributed by atoms with Crippen LogP contribution in [0.4, 0.5) is 0 Å². The van der Waals surface area contributed by atoms with Crippen LogP contribution in [-0.2, 0) is 11.3 Å². The summed E-state index contributed by atoms with van der Waals surface area (Å²) in [7, 11) is 0. The predicted molar refractivity (Wildman–Crippen MR) is 97.0 cm³/mol. The fraction of sp³-hybridized carbons (Fsp3) is 0.211. The predicted octanol–water partition coefficient (Wildman–Crippen LogP) is 1.60. The highest BCUT2D eigenvalue weighted by atomic mass is 16.2. The van der Waals surface area contributed by atoms with Crippen LogP contribution in [0.25, 0.3) is 10.8 Å². The summed E-state index contributed by atoms with van der Waals surface area (Å²) in [5.74, 6) is -0.287. The summed E-state index contributed by atoms with van der Waals surface area (Å²) in [6.07, 6.45) is 2.93. The Kier molecular flexibility index (Phi) is 4.90. The molecule has 0 aliphatic carbocycles. The number of carbonyl (C=O) groups is 1. The Morgan fingerprint density at radius 1 is 1.20 bits per heavy atom. The lowest BCUT2D eigenvalue weighted by molar-refractivity contribution is -0.122. The van der Waals surface area contributed by atoms with E-state index in [0.717, 1.165) is 16.3 Å². The minimum absolute atomic E-state index is 0.0938. The number of hydrogen-bond acceptors (Lipinski definition) is 4. The average Bonchev–Trinajstić information content (AvgIpc) is 2.61. The zero-order valence-electron chi connectivity index (χ0n) is 13.9. The molecule has 1 amide bonds. The molecule has 2 unspecified atom stereocenters. The van der Waals surface area contributed by atoms with Gasteiger partial charge in [-0.1, -0.05) is 36.4 Å². The highest BCUT2D eigenvalue weighted by Crippen LogP contribution is 2.22. The number of rotatable bonds is 5. The molecule has 25 heavy (non-hydrogen) atoms. The molecule has 3 N–H and O–H groups in total. The van der Waals surface area contributed by atoms with Crippen LogP contribution in [0.1, 0.15) is 18.5 Å². The highest BCUT2D eigenvalue weighted by Gasteiger charge is 2.19. The molecule has 0 saturated carbocycles. The van der Waals surface area contributed by atoms with Crippen molar-refractivity contribution >= 4 is 16.7 Å². The lowest BCUT2D eigenvalue weighted by atomic mass is 9.97. The van der Waals surface area contributed by atoms with Gasteiger partial charge in [0.1, 0.15) is 6.54 Å². The van der Waals surface area contributed by atoms with Gasteiger partial charge in [-0.3, -0.25) is 9.36 Å². The molecule has 128 valence electrons. The first kappa shape index (κ1) is 16.9. The van der Waals surface area contributed by atoms with E-state index in [-0.39, 0.29) is 24.5 Å². The molecule has 0 spiro atoms. The van der Waals surface area contributed by atoms with Crippen molar-refractivity contribution in [2.45, 2.75) is 25.6 Å². The number of aromatic nitrogens is 2. The zero-order valence-corrected chi connectivity index (χ0v) is 13.9. The Bertz CT molecular complexity index is 949. The molecule has 6 nitrogen and oxygen atoms in total. The molecule has 6 heteroatoms. The molecule has 0 aliphatic heterocycles. The molecule has 1 aromatic heterocycles. The first-order chi connectivity index (χ1) is 12.0. The summed E-state index contributed by atoms with van der Waals surface area (Å²) in [5.41, 5.74) is 6.56. The van der Waals surface area contributed by atoms with Crippen LogP contribution in [-0.4, -0.2) is 21.5 Å². The van der Waals surface area contributed by atoms with Crippen molar-refractivity contribution in [1.29, 1.82) is 0 Å². The molecular formula is C19H20N4O2. The second kappa shape index (κ2) is 7.27. The van der Waals surface area contributed by atoms with Gasteiger partial charge in [-0.2, -0.15) is 0 Å². The van der Waals surface area contributed by atoms with Gasteiger partial charge in [0.2, 0.25) is 5.91 Å². The van der Waals surface area contributed by atoms with Gasteiger partial charge in [-0.25, -0.2) is 9.78 Å². The Morgan fingerprint density at radius 2 is 1.96 bits per heavy atom. The summed E-state index contributed by atoms with van der Waals surface area (Å²) in [5, 5.41) is 5.14. The van der Waals surface area contributed by atoms with Crippen molar-refractivity contribution in [2.75, 3.05) is 0 Å². The summed E-state index contributed by atoms with van der Waals surface area (Å²) < 4.78 is 1.26. The van der Waals surface area contributed by atoms with Gasteiger partial charge in [0.25, 0.3) is 0 Å².